The molecule has 0 fully saturated rings. The molecule has 0 spiro atoms. The van der Waals surface area contributed by atoms with Crippen molar-refractivity contribution in [3.05, 3.63) is 65.2 Å². The van der Waals surface area contributed by atoms with Crippen molar-refractivity contribution in [1.82, 2.24) is 15.7 Å². The fraction of sp³-hybridized carbons (Fsp3) is 0.346. The summed E-state index contributed by atoms with van der Waals surface area (Å²) in [6, 6.07) is 12.3. The van der Waals surface area contributed by atoms with Crippen molar-refractivity contribution < 1.29 is 24.7 Å². The van der Waals surface area contributed by atoms with Crippen molar-refractivity contribution >= 4 is 23.4 Å². The number of carbonyl (C=O) groups is 3. The molecule has 0 bridgehead atoms. The van der Waals surface area contributed by atoms with E-state index >= 15 is 0 Å². The summed E-state index contributed by atoms with van der Waals surface area (Å²) in [5, 5.41) is 23.6. The Morgan fingerprint density at radius 1 is 0.943 bits per heavy atom. The Kier molecular flexibility index (Phi) is 12.2. The molecule has 2 aromatic carbocycles. The lowest BCUT2D eigenvalue weighted by molar-refractivity contribution is -0.133. The van der Waals surface area contributed by atoms with Gasteiger partial charge in [-0.2, -0.15) is 0 Å². The normalized spacial score (nSPS) is 11.8. The molecule has 188 valence electrons. The third kappa shape index (κ3) is 9.22. The smallest absolute Gasteiger partial charge is 0.268 e. The van der Waals surface area contributed by atoms with Crippen LogP contribution in [0.4, 0.5) is 5.69 Å². The monoisotopic (exact) mass is 482 g/mol. The number of nitrogens with one attached hydrogen (secondary N) is 3. The summed E-state index contributed by atoms with van der Waals surface area (Å²) in [6.07, 6.45) is -1.19. The molecule has 0 aliphatic heterocycles. The molecule has 9 heteroatoms. The number of hydrogen-bond donors (Lipinski definition) is 5. The summed E-state index contributed by atoms with van der Waals surface area (Å²) in [5.74, 6) is 4.47. The van der Waals surface area contributed by atoms with E-state index in [1.807, 2.05) is 30.9 Å². The van der Waals surface area contributed by atoms with Crippen LogP contribution in [0, 0.1) is 11.8 Å². The number of rotatable bonds is 9. The molecule has 9 nitrogen and oxygen atoms in total. The molecule has 35 heavy (non-hydrogen) atoms. The highest BCUT2D eigenvalue weighted by Gasteiger charge is 2.25. The number of hydrogen-bond acceptors (Lipinski definition) is 6. The SMILES string of the molecule is C.CCN(CC)CC(=O)Nc1ccc(C#Cc2ccc(C(=O)N[C@H](C(=O)NO)[C@@H](C)O)cc2)cc1. The zero-order chi connectivity index (χ0) is 25.1. The predicted molar refractivity (Wildman–Crippen MR) is 135 cm³/mol. The largest absolute Gasteiger partial charge is 0.391 e. The molecule has 0 saturated carbocycles. The number of anilines is 1. The van der Waals surface area contributed by atoms with E-state index < -0.39 is 24.0 Å². The molecule has 2 rings (SSSR count). The summed E-state index contributed by atoms with van der Waals surface area (Å²) in [7, 11) is 0. The first-order valence-corrected chi connectivity index (χ1v) is 10.9. The van der Waals surface area contributed by atoms with Gasteiger partial charge in [0.15, 0.2) is 0 Å². The van der Waals surface area contributed by atoms with Gasteiger partial charge >= 0.3 is 0 Å². The van der Waals surface area contributed by atoms with E-state index in [1.165, 1.54) is 12.4 Å². The van der Waals surface area contributed by atoms with Crippen molar-refractivity contribution in [3.8, 4) is 11.8 Å². The summed E-state index contributed by atoms with van der Waals surface area (Å²) < 4.78 is 0. The topological polar surface area (TPSA) is 131 Å². The van der Waals surface area contributed by atoms with Crippen molar-refractivity contribution in [1.29, 1.82) is 0 Å². The van der Waals surface area contributed by atoms with Gasteiger partial charge in [0.25, 0.3) is 11.8 Å². The molecule has 0 saturated heterocycles. The maximum absolute atomic E-state index is 12.3. The molecule has 0 aliphatic rings. The number of benzene rings is 2. The van der Waals surface area contributed by atoms with E-state index in [2.05, 4.69) is 22.5 Å². The summed E-state index contributed by atoms with van der Waals surface area (Å²) in [6.45, 7) is 7.32. The fourth-order valence-electron chi connectivity index (χ4n) is 3.04. The Morgan fingerprint density at radius 2 is 1.46 bits per heavy atom. The van der Waals surface area contributed by atoms with Crippen LogP contribution in [0.5, 0.6) is 0 Å². The van der Waals surface area contributed by atoms with E-state index in [-0.39, 0.29) is 18.9 Å². The van der Waals surface area contributed by atoms with Crippen LogP contribution in [-0.4, -0.2) is 64.7 Å². The highest BCUT2D eigenvalue weighted by Crippen LogP contribution is 2.10. The van der Waals surface area contributed by atoms with E-state index in [0.717, 1.165) is 18.7 Å². The molecular weight excluding hydrogens is 448 g/mol. The van der Waals surface area contributed by atoms with Gasteiger partial charge in [-0.05, 0) is 68.5 Å². The van der Waals surface area contributed by atoms with Crippen LogP contribution < -0.4 is 16.1 Å². The number of aliphatic hydroxyl groups is 1. The number of nitrogens with zero attached hydrogens (tertiary/aromatic N) is 1. The quantitative estimate of drug-likeness (QED) is 0.211. The second kappa shape index (κ2) is 14.5. The maximum Gasteiger partial charge on any atom is 0.268 e. The first kappa shape index (κ1) is 29.3. The third-order valence-electron chi connectivity index (χ3n) is 5.09. The van der Waals surface area contributed by atoms with Crippen LogP contribution in [-0.2, 0) is 9.59 Å². The fourth-order valence-corrected chi connectivity index (χ4v) is 3.04. The Hall–Kier alpha value is -3.71. The minimum Gasteiger partial charge on any atom is -0.391 e. The third-order valence-corrected chi connectivity index (χ3v) is 5.09. The zero-order valence-electron chi connectivity index (χ0n) is 19.5. The average molecular weight is 483 g/mol. The molecule has 0 aromatic heterocycles. The van der Waals surface area contributed by atoms with Gasteiger partial charge in [-0.25, -0.2) is 5.48 Å². The van der Waals surface area contributed by atoms with Crippen molar-refractivity contribution in [2.24, 2.45) is 0 Å². The molecule has 3 amide bonds. The molecule has 0 radical (unpaired) electrons. The van der Waals surface area contributed by atoms with E-state index in [4.69, 9.17) is 5.21 Å². The van der Waals surface area contributed by atoms with Crippen LogP contribution in [0.25, 0.3) is 0 Å². The lowest BCUT2D eigenvalue weighted by atomic mass is 10.1. The number of hydroxylamine groups is 1. The molecule has 0 unspecified atom stereocenters. The van der Waals surface area contributed by atoms with Crippen LogP contribution in [0.15, 0.2) is 48.5 Å². The van der Waals surface area contributed by atoms with Crippen LogP contribution in [0.1, 0.15) is 49.7 Å². The maximum atomic E-state index is 12.3. The predicted octanol–water partition coefficient (Wildman–Crippen LogP) is 1.99. The first-order chi connectivity index (χ1) is 16.3. The Labute approximate surface area is 206 Å². The Morgan fingerprint density at radius 3 is 1.91 bits per heavy atom. The first-order valence-electron chi connectivity index (χ1n) is 10.9. The van der Waals surface area contributed by atoms with Gasteiger partial charge in [0.1, 0.15) is 6.04 Å². The molecule has 2 atom stereocenters. The van der Waals surface area contributed by atoms with E-state index in [9.17, 15) is 19.5 Å². The lowest BCUT2D eigenvalue weighted by Gasteiger charge is -2.19. The van der Waals surface area contributed by atoms with Crippen LogP contribution in [0.3, 0.4) is 0 Å². The summed E-state index contributed by atoms with van der Waals surface area (Å²) >= 11 is 0. The zero-order valence-corrected chi connectivity index (χ0v) is 19.5. The van der Waals surface area contributed by atoms with Gasteiger partial charge in [-0.15, -0.1) is 0 Å². The summed E-state index contributed by atoms with van der Waals surface area (Å²) in [5.41, 5.74) is 3.82. The molecular formula is C26H34N4O5. The van der Waals surface area contributed by atoms with Gasteiger partial charge in [0.2, 0.25) is 5.91 Å². The lowest BCUT2D eigenvalue weighted by Crippen LogP contribution is -2.51. The number of likely N-dealkylation sites (N-methyl/N-ethyl adjacent to an activating group) is 1. The number of carbonyl (C=O) groups excluding carboxylic acids is 3. The van der Waals surface area contributed by atoms with Gasteiger partial charge in [-0.3, -0.25) is 24.5 Å². The minimum atomic E-state index is -1.29. The highest BCUT2D eigenvalue weighted by atomic mass is 16.5. The standard InChI is InChI=1S/C25H30N4O5.CH4/c1-4-29(5-2)16-22(31)26-21-14-10-19(11-15-21)7-6-18-8-12-20(13-9-18)24(32)27-23(17(3)30)25(33)28-34;/h8-15,17,23,30,34H,4-5,16H2,1-3H3,(H,26,31)(H,27,32)(H,28,33);1H4/t17-,23+;/m1./s1. The van der Waals surface area contributed by atoms with Gasteiger partial charge in [0, 0.05) is 22.4 Å². The second-order valence-corrected chi connectivity index (χ2v) is 7.58. The van der Waals surface area contributed by atoms with Crippen molar-refractivity contribution in [3.63, 3.8) is 0 Å². The highest BCUT2D eigenvalue weighted by molar-refractivity contribution is 5.97. The van der Waals surface area contributed by atoms with E-state index in [0.29, 0.717) is 17.8 Å². The average Bonchev–Trinajstić information content (AvgIpc) is 2.84. The Bertz CT molecular complexity index is 1040. The molecule has 0 aliphatic carbocycles. The molecule has 0 heterocycles. The number of aliphatic hydroxyl groups excluding tert-OH is 1. The number of amides is 3. The van der Waals surface area contributed by atoms with Crippen molar-refractivity contribution in [2.45, 2.75) is 40.3 Å². The van der Waals surface area contributed by atoms with Gasteiger partial charge < -0.3 is 15.7 Å². The second-order valence-electron chi connectivity index (χ2n) is 7.58. The van der Waals surface area contributed by atoms with Gasteiger partial charge in [0.05, 0.1) is 12.6 Å². The van der Waals surface area contributed by atoms with Gasteiger partial charge in [-0.1, -0.05) is 33.1 Å². The van der Waals surface area contributed by atoms with E-state index in [1.54, 1.807) is 36.4 Å². The van der Waals surface area contributed by atoms with Crippen LogP contribution >= 0.6 is 0 Å². The summed E-state index contributed by atoms with van der Waals surface area (Å²) in [4.78, 5) is 38.0. The van der Waals surface area contributed by atoms with Crippen molar-refractivity contribution in [2.75, 3.05) is 25.0 Å². The van der Waals surface area contributed by atoms with Crippen LogP contribution in [0.2, 0.25) is 0 Å². The Balaban J connectivity index is 0.00000612. The molecule has 5 N–H and O–H groups in total. The minimum absolute atomic E-state index is 0. The molecule has 2 aromatic rings.